The molecular formula is C2H10Cl4Zr2. The third-order valence-electron chi connectivity index (χ3n) is 0. The minimum absolute atomic E-state index is 0. The molecule has 0 N–H and O–H groups in total. The molecule has 6 heteroatoms. The zero-order valence-electron chi connectivity index (χ0n) is 4.63. The molecule has 0 radical (unpaired) electrons. The quantitative estimate of drug-likeness (QED) is 0.625. The fraction of sp³-hybridized carbons (Fsp3) is 1.00. The maximum atomic E-state index is 2.00. The molecule has 0 bridgehead atoms. The molecule has 8 heavy (non-hydrogen) atoms. The van der Waals surface area contributed by atoms with Gasteiger partial charge >= 0.3 is 0 Å². The molecule has 0 spiro atoms. The summed E-state index contributed by atoms with van der Waals surface area (Å²) in [6.07, 6.45) is 0. The summed E-state index contributed by atoms with van der Waals surface area (Å²) in [6, 6.07) is 0. The van der Waals surface area contributed by atoms with Gasteiger partial charge in [-0.25, -0.2) is 0 Å². The van der Waals surface area contributed by atoms with Crippen molar-refractivity contribution in [3.05, 3.63) is 0 Å². The van der Waals surface area contributed by atoms with Crippen LogP contribution in [0.15, 0.2) is 0 Å². The average Bonchev–Trinajstić information content (AvgIpc) is 1.00. The third kappa shape index (κ3) is 65.5. The van der Waals surface area contributed by atoms with Crippen LogP contribution < -0.4 is 0 Å². The van der Waals surface area contributed by atoms with Crippen molar-refractivity contribution in [2.75, 3.05) is 0 Å². The van der Waals surface area contributed by atoms with Crippen molar-refractivity contribution in [1.82, 2.24) is 0 Å². The van der Waals surface area contributed by atoms with Gasteiger partial charge in [0.05, 0.1) is 0 Å². The van der Waals surface area contributed by atoms with Crippen molar-refractivity contribution in [2.24, 2.45) is 0 Å². The standard InChI is InChI=1S/C2H6.4ClH.2Zr/c1-2;;;;;;/h1-2H3;4*1H;;. The molecule has 0 nitrogen and oxygen atoms in total. The Morgan fingerprint density at radius 2 is 0.500 bits per heavy atom. The minimum atomic E-state index is 0. The summed E-state index contributed by atoms with van der Waals surface area (Å²) in [5, 5.41) is 0. The molecule has 0 aliphatic heterocycles. The molecule has 0 aliphatic carbocycles. The van der Waals surface area contributed by atoms with E-state index in [0.29, 0.717) is 0 Å². The first kappa shape index (κ1) is 69.8. The normalized spacial score (nSPS) is 0.750. The van der Waals surface area contributed by atoms with Crippen molar-refractivity contribution < 1.29 is 52.4 Å². The molecule has 0 saturated heterocycles. The molecule has 0 aromatic carbocycles. The van der Waals surface area contributed by atoms with Gasteiger partial charge in [-0.2, -0.15) is 0 Å². The van der Waals surface area contributed by atoms with Gasteiger partial charge in [0.15, 0.2) is 0 Å². The summed E-state index contributed by atoms with van der Waals surface area (Å²) in [4.78, 5) is 0. The van der Waals surface area contributed by atoms with Crippen LogP contribution in [0.3, 0.4) is 0 Å². The van der Waals surface area contributed by atoms with E-state index >= 15 is 0 Å². The Morgan fingerprint density at radius 3 is 0.500 bits per heavy atom. The van der Waals surface area contributed by atoms with Crippen molar-refractivity contribution in [1.29, 1.82) is 0 Å². The van der Waals surface area contributed by atoms with Crippen molar-refractivity contribution >= 4 is 49.6 Å². The van der Waals surface area contributed by atoms with Crippen molar-refractivity contribution in [3.8, 4) is 0 Å². The molecule has 0 saturated carbocycles. The van der Waals surface area contributed by atoms with Gasteiger partial charge in [0.1, 0.15) is 0 Å². The van der Waals surface area contributed by atoms with E-state index in [4.69, 9.17) is 0 Å². The molecule has 0 aromatic heterocycles. The van der Waals surface area contributed by atoms with Gasteiger partial charge in [-0.05, 0) is 0 Å². The Labute approximate surface area is 114 Å². The van der Waals surface area contributed by atoms with Crippen LogP contribution in [0.2, 0.25) is 0 Å². The predicted octanol–water partition coefficient (Wildman–Crippen LogP) is 2.71. The van der Waals surface area contributed by atoms with Gasteiger partial charge in [0.25, 0.3) is 0 Å². The second-order valence-electron chi connectivity index (χ2n) is 0. The average molecular weight is 358 g/mol. The van der Waals surface area contributed by atoms with Crippen LogP contribution >= 0.6 is 49.6 Å². The summed E-state index contributed by atoms with van der Waals surface area (Å²) in [7, 11) is 0. The molecular weight excluding hydrogens is 348 g/mol. The predicted molar refractivity (Wildman–Crippen MR) is 40.3 cm³/mol. The maximum absolute atomic E-state index is 2.00. The summed E-state index contributed by atoms with van der Waals surface area (Å²) in [5.41, 5.74) is 0. The van der Waals surface area contributed by atoms with Gasteiger partial charge in [-0.15, -0.1) is 49.6 Å². The second kappa shape index (κ2) is 92.4. The Bertz CT molecular complexity index is 12.0. The first-order chi connectivity index (χ1) is 1.00. The Balaban J connectivity index is -0.000000000333. The third-order valence-corrected chi connectivity index (χ3v) is 0. The van der Waals surface area contributed by atoms with Crippen LogP contribution in [0.4, 0.5) is 0 Å². The van der Waals surface area contributed by atoms with Gasteiger partial charge in [0.2, 0.25) is 0 Å². The van der Waals surface area contributed by atoms with Crippen molar-refractivity contribution in [2.45, 2.75) is 13.8 Å². The number of halogens is 4. The van der Waals surface area contributed by atoms with E-state index in [1.54, 1.807) is 0 Å². The van der Waals surface area contributed by atoms with Gasteiger partial charge in [0, 0.05) is 52.4 Å². The van der Waals surface area contributed by atoms with Gasteiger partial charge in [-0.3, -0.25) is 0 Å². The fourth-order valence-corrected chi connectivity index (χ4v) is 0. The Kier molecular flexibility index (Phi) is 806. The van der Waals surface area contributed by atoms with E-state index in [9.17, 15) is 0 Å². The molecule has 0 rings (SSSR count). The zero-order valence-corrected chi connectivity index (χ0v) is 12.8. The number of hydrogen-bond acceptors (Lipinski definition) is 0. The van der Waals surface area contributed by atoms with Crippen LogP contribution in [0.5, 0.6) is 0 Å². The molecule has 0 aliphatic rings. The monoisotopic (exact) mass is 354 g/mol. The first-order valence-corrected chi connectivity index (χ1v) is 1.00. The second-order valence-corrected chi connectivity index (χ2v) is 0. The van der Waals surface area contributed by atoms with Crippen LogP contribution in [0, 0.1) is 0 Å². The van der Waals surface area contributed by atoms with Gasteiger partial charge < -0.3 is 0 Å². The molecule has 54 valence electrons. The first-order valence-electron chi connectivity index (χ1n) is 1.00. The SMILES string of the molecule is CC.Cl.Cl.Cl.Cl.[Zr].[Zr]. The molecule has 0 heterocycles. The minimum Gasteiger partial charge on any atom is -0.147 e. The largest absolute Gasteiger partial charge is 0.147 e. The Hall–Kier alpha value is 2.93. The van der Waals surface area contributed by atoms with Gasteiger partial charge in [-0.1, -0.05) is 13.8 Å². The fourth-order valence-electron chi connectivity index (χ4n) is 0. The van der Waals surface area contributed by atoms with E-state index in [1.165, 1.54) is 0 Å². The molecule has 0 amide bonds. The number of hydrogen-bond donors (Lipinski definition) is 0. The van der Waals surface area contributed by atoms with Crippen LogP contribution in [-0.2, 0) is 52.4 Å². The summed E-state index contributed by atoms with van der Waals surface area (Å²) in [5.74, 6) is 0. The van der Waals surface area contributed by atoms with Crippen LogP contribution in [0.25, 0.3) is 0 Å². The van der Waals surface area contributed by atoms with E-state index in [1.807, 2.05) is 13.8 Å². The molecule has 0 fully saturated rings. The molecule has 0 unspecified atom stereocenters. The van der Waals surface area contributed by atoms with E-state index in [-0.39, 0.29) is 102 Å². The van der Waals surface area contributed by atoms with E-state index < -0.39 is 0 Å². The molecule has 0 atom stereocenters. The van der Waals surface area contributed by atoms with Crippen molar-refractivity contribution in [3.63, 3.8) is 0 Å². The summed E-state index contributed by atoms with van der Waals surface area (Å²) < 4.78 is 0. The van der Waals surface area contributed by atoms with E-state index in [0.717, 1.165) is 0 Å². The van der Waals surface area contributed by atoms with Crippen LogP contribution in [-0.4, -0.2) is 0 Å². The maximum Gasteiger partial charge on any atom is 0 e. The molecule has 0 aromatic rings. The topological polar surface area (TPSA) is 0 Å². The van der Waals surface area contributed by atoms with E-state index in [2.05, 4.69) is 0 Å². The summed E-state index contributed by atoms with van der Waals surface area (Å²) >= 11 is 0. The smallest absolute Gasteiger partial charge is 0 e. The Morgan fingerprint density at radius 1 is 0.500 bits per heavy atom. The number of rotatable bonds is 0. The zero-order chi connectivity index (χ0) is 2.00. The summed E-state index contributed by atoms with van der Waals surface area (Å²) in [6.45, 7) is 4.00. The van der Waals surface area contributed by atoms with Crippen LogP contribution in [0.1, 0.15) is 13.8 Å².